The molecule has 4 rings (SSSR count). The second-order valence-corrected chi connectivity index (χ2v) is 6.86. The zero-order chi connectivity index (χ0) is 19.5. The summed E-state index contributed by atoms with van der Waals surface area (Å²) in [5.41, 5.74) is 5.91. The highest BCUT2D eigenvalue weighted by Crippen LogP contribution is 2.32. The monoisotopic (exact) mass is 374 g/mol. The van der Waals surface area contributed by atoms with E-state index in [1.807, 2.05) is 48.2 Å². The van der Waals surface area contributed by atoms with Gasteiger partial charge in [0.2, 0.25) is 5.91 Å². The molecule has 1 aromatic heterocycles. The van der Waals surface area contributed by atoms with Crippen molar-refractivity contribution in [2.75, 3.05) is 11.4 Å². The molecule has 0 saturated carbocycles. The molecule has 0 radical (unpaired) electrons. The normalized spacial score (nSPS) is 12.7. The predicted molar refractivity (Wildman–Crippen MR) is 108 cm³/mol. The van der Waals surface area contributed by atoms with Crippen molar-refractivity contribution in [1.82, 2.24) is 15.5 Å². The van der Waals surface area contributed by atoms with Crippen LogP contribution in [0.5, 0.6) is 0 Å². The van der Waals surface area contributed by atoms with Crippen LogP contribution in [0, 0.1) is 0 Å². The van der Waals surface area contributed by atoms with Crippen LogP contribution in [0.2, 0.25) is 0 Å². The van der Waals surface area contributed by atoms with Crippen molar-refractivity contribution in [2.45, 2.75) is 26.3 Å². The lowest BCUT2D eigenvalue weighted by molar-refractivity contribution is -0.118. The summed E-state index contributed by atoms with van der Waals surface area (Å²) in [5.74, 6) is 0.0488. The van der Waals surface area contributed by atoms with Gasteiger partial charge in [-0.15, -0.1) is 0 Å². The maximum atomic E-state index is 12.3. The number of nitrogens with one attached hydrogen (secondary N) is 2. The fourth-order valence-electron chi connectivity index (χ4n) is 3.50. The lowest BCUT2D eigenvalue weighted by Gasteiger charge is -2.16. The molecule has 0 bridgehead atoms. The van der Waals surface area contributed by atoms with Crippen molar-refractivity contribution in [3.05, 3.63) is 71.5 Å². The molecule has 0 unspecified atom stereocenters. The second kappa shape index (κ2) is 7.68. The molecular weight excluding hydrogens is 352 g/mol. The number of fused-ring (bicyclic) bond motifs is 1. The molecule has 0 saturated heterocycles. The molecule has 3 aromatic rings. The molecule has 1 aliphatic rings. The number of hydrogen-bond acceptors (Lipinski definition) is 3. The Morgan fingerprint density at radius 3 is 2.64 bits per heavy atom. The van der Waals surface area contributed by atoms with Crippen molar-refractivity contribution in [1.29, 1.82) is 0 Å². The molecule has 0 atom stereocenters. The van der Waals surface area contributed by atoms with Crippen LogP contribution in [-0.4, -0.2) is 28.6 Å². The first kappa shape index (κ1) is 18.0. The van der Waals surface area contributed by atoms with Gasteiger partial charge in [0.15, 0.2) is 0 Å². The van der Waals surface area contributed by atoms with Gasteiger partial charge < -0.3 is 10.2 Å². The highest BCUT2D eigenvalue weighted by Gasteiger charge is 2.23. The molecule has 6 heteroatoms. The van der Waals surface area contributed by atoms with E-state index in [1.165, 1.54) is 5.56 Å². The Kier molecular flexibility index (Phi) is 4.93. The van der Waals surface area contributed by atoms with Gasteiger partial charge in [-0.25, -0.2) is 0 Å². The average molecular weight is 374 g/mol. The van der Waals surface area contributed by atoms with E-state index in [0.717, 1.165) is 35.3 Å². The van der Waals surface area contributed by atoms with E-state index in [9.17, 15) is 9.59 Å². The number of nitrogens with zero attached hydrogens (tertiary/aromatic N) is 2. The van der Waals surface area contributed by atoms with Gasteiger partial charge in [0.1, 0.15) is 0 Å². The van der Waals surface area contributed by atoms with Crippen molar-refractivity contribution >= 4 is 17.5 Å². The Bertz CT molecular complexity index is 994. The highest BCUT2D eigenvalue weighted by atomic mass is 16.2. The summed E-state index contributed by atoms with van der Waals surface area (Å²) in [6.07, 6.45) is 4.84. The molecule has 2 aromatic carbocycles. The number of rotatable bonds is 5. The summed E-state index contributed by atoms with van der Waals surface area (Å²) in [6, 6.07) is 13.8. The summed E-state index contributed by atoms with van der Waals surface area (Å²) in [7, 11) is 0. The fourth-order valence-corrected chi connectivity index (χ4v) is 3.50. The van der Waals surface area contributed by atoms with Crippen molar-refractivity contribution in [3.8, 4) is 11.1 Å². The number of amides is 2. The summed E-state index contributed by atoms with van der Waals surface area (Å²) in [5, 5.41) is 9.47. The van der Waals surface area contributed by atoms with E-state index in [4.69, 9.17) is 0 Å². The number of aromatic amines is 1. The van der Waals surface area contributed by atoms with Gasteiger partial charge in [0, 0.05) is 42.5 Å². The predicted octanol–water partition coefficient (Wildman–Crippen LogP) is 3.31. The van der Waals surface area contributed by atoms with E-state index in [0.29, 0.717) is 18.5 Å². The summed E-state index contributed by atoms with van der Waals surface area (Å²) < 4.78 is 0. The van der Waals surface area contributed by atoms with Crippen LogP contribution in [-0.2, 0) is 17.8 Å². The number of benzene rings is 2. The Labute approximate surface area is 163 Å². The first-order valence-corrected chi connectivity index (χ1v) is 9.45. The van der Waals surface area contributed by atoms with Gasteiger partial charge in [-0.05, 0) is 47.4 Å². The SMILES string of the molecule is CCC(=O)N1CCc2cc(-c3ccc(C(=O)NCc4cn[nH]c4)cc3)ccc21. The van der Waals surface area contributed by atoms with Crippen LogP contribution in [0.1, 0.15) is 34.8 Å². The third kappa shape index (κ3) is 3.53. The van der Waals surface area contributed by atoms with E-state index in [-0.39, 0.29) is 11.8 Å². The van der Waals surface area contributed by atoms with E-state index >= 15 is 0 Å². The first-order chi connectivity index (χ1) is 13.7. The third-order valence-electron chi connectivity index (χ3n) is 5.07. The van der Waals surface area contributed by atoms with Crippen molar-refractivity contribution in [3.63, 3.8) is 0 Å². The molecule has 0 aliphatic carbocycles. The van der Waals surface area contributed by atoms with Crippen LogP contribution in [0.4, 0.5) is 5.69 Å². The Balaban J connectivity index is 1.47. The lowest BCUT2D eigenvalue weighted by atomic mass is 10.0. The van der Waals surface area contributed by atoms with E-state index < -0.39 is 0 Å². The molecule has 0 fully saturated rings. The average Bonchev–Trinajstić information content (AvgIpc) is 3.41. The van der Waals surface area contributed by atoms with Crippen LogP contribution in [0.25, 0.3) is 11.1 Å². The molecule has 2 N–H and O–H groups in total. The maximum absolute atomic E-state index is 12.3. The summed E-state index contributed by atoms with van der Waals surface area (Å²) >= 11 is 0. The molecule has 28 heavy (non-hydrogen) atoms. The molecule has 2 heterocycles. The number of anilines is 1. The van der Waals surface area contributed by atoms with Gasteiger partial charge in [-0.2, -0.15) is 5.10 Å². The Morgan fingerprint density at radius 1 is 1.14 bits per heavy atom. The Morgan fingerprint density at radius 2 is 1.93 bits per heavy atom. The third-order valence-corrected chi connectivity index (χ3v) is 5.07. The molecular formula is C22H22N4O2. The largest absolute Gasteiger partial charge is 0.348 e. The topological polar surface area (TPSA) is 78.1 Å². The highest BCUT2D eigenvalue weighted by molar-refractivity contribution is 5.96. The van der Waals surface area contributed by atoms with Gasteiger partial charge in [0.05, 0.1) is 6.20 Å². The molecule has 142 valence electrons. The van der Waals surface area contributed by atoms with Crippen LogP contribution in [0.3, 0.4) is 0 Å². The van der Waals surface area contributed by atoms with E-state index in [1.54, 1.807) is 12.4 Å². The van der Waals surface area contributed by atoms with Gasteiger partial charge in [0.25, 0.3) is 5.91 Å². The summed E-state index contributed by atoms with van der Waals surface area (Å²) in [6.45, 7) is 3.08. The fraction of sp³-hybridized carbons (Fsp3) is 0.227. The zero-order valence-electron chi connectivity index (χ0n) is 15.7. The standard InChI is InChI=1S/C22H22N4O2/c1-2-21(27)26-10-9-19-11-18(7-8-20(19)26)16-3-5-17(6-4-16)22(28)23-12-15-13-24-25-14-15/h3-8,11,13-14H,2,9-10,12H2,1H3,(H,23,28)(H,24,25). The Hall–Kier alpha value is -3.41. The minimum Gasteiger partial charge on any atom is -0.348 e. The smallest absolute Gasteiger partial charge is 0.251 e. The van der Waals surface area contributed by atoms with Crippen molar-refractivity contribution in [2.24, 2.45) is 0 Å². The van der Waals surface area contributed by atoms with Crippen LogP contribution >= 0.6 is 0 Å². The van der Waals surface area contributed by atoms with E-state index in [2.05, 4.69) is 21.6 Å². The number of carbonyl (C=O) groups is 2. The number of carbonyl (C=O) groups excluding carboxylic acids is 2. The molecule has 6 nitrogen and oxygen atoms in total. The minimum atomic E-state index is -0.115. The summed E-state index contributed by atoms with van der Waals surface area (Å²) in [4.78, 5) is 26.2. The second-order valence-electron chi connectivity index (χ2n) is 6.86. The zero-order valence-corrected chi connectivity index (χ0v) is 15.7. The van der Waals surface area contributed by atoms with Crippen LogP contribution < -0.4 is 10.2 Å². The van der Waals surface area contributed by atoms with Gasteiger partial charge in [-0.3, -0.25) is 14.7 Å². The molecule has 1 aliphatic heterocycles. The number of hydrogen-bond donors (Lipinski definition) is 2. The number of H-pyrrole nitrogens is 1. The maximum Gasteiger partial charge on any atom is 0.251 e. The quantitative estimate of drug-likeness (QED) is 0.719. The van der Waals surface area contributed by atoms with Gasteiger partial charge >= 0.3 is 0 Å². The minimum absolute atomic E-state index is 0.115. The van der Waals surface area contributed by atoms with Gasteiger partial charge in [-0.1, -0.05) is 25.1 Å². The molecule has 2 amide bonds. The first-order valence-electron chi connectivity index (χ1n) is 9.45. The molecule has 0 spiro atoms. The lowest BCUT2D eigenvalue weighted by Crippen LogP contribution is -2.27. The van der Waals surface area contributed by atoms with Crippen molar-refractivity contribution < 1.29 is 9.59 Å². The van der Waals surface area contributed by atoms with Crippen LogP contribution in [0.15, 0.2) is 54.9 Å². The number of aromatic nitrogens is 2.